The SMILES string of the molecule is Nc1ncc2cc(-c3cc(C(=O)Nc4cc(C(F)(F)F)ccc4N4CCOCC4)ccc3Cl)ccc2n1. The Morgan fingerprint density at radius 1 is 1.05 bits per heavy atom. The molecule has 1 aliphatic rings. The van der Waals surface area contributed by atoms with Gasteiger partial charge in [0.2, 0.25) is 5.95 Å². The summed E-state index contributed by atoms with van der Waals surface area (Å²) in [4.78, 5) is 23.3. The zero-order valence-electron chi connectivity index (χ0n) is 19.3. The Hall–Kier alpha value is -3.89. The number of aromatic nitrogens is 2. The van der Waals surface area contributed by atoms with Crippen molar-refractivity contribution in [2.75, 3.05) is 42.3 Å². The van der Waals surface area contributed by atoms with Crippen LogP contribution in [0.25, 0.3) is 22.0 Å². The van der Waals surface area contributed by atoms with Gasteiger partial charge in [0.1, 0.15) is 0 Å². The van der Waals surface area contributed by atoms with Crippen LogP contribution in [-0.2, 0) is 10.9 Å². The smallest absolute Gasteiger partial charge is 0.378 e. The molecule has 0 bridgehead atoms. The summed E-state index contributed by atoms with van der Waals surface area (Å²) in [6.45, 7) is 1.88. The summed E-state index contributed by atoms with van der Waals surface area (Å²) in [6, 6.07) is 13.4. The molecule has 1 aliphatic heterocycles. The first-order valence-corrected chi connectivity index (χ1v) is 11.7. The fourth-order valence-corrected chi connectivity index (χ4v) is 4.42. The molecule has 1 amide bonds. The summed E-state index contributed by atoms with van der Waals surface area (Å²) in [6.07, 6.45) is -2.96. The molecule has 1 saturated heterocycles. The van der Waals surface area contributed by atoms with E-state index >= 15 is 0 Å². The van der Waals surface area contributed by atoms with Gasteiger partial charge in [-0.2, -0.15) is 13.2 Å². The minimum Gasteiger partial charge on any atom is -0.378 e. The Kier molecular flexibility index (Phi) is 6.61. The van der Waals surface area contributed by atoms with Gasteiger partial charge in [0.05, 0.1) is 35.7 Å². The fourth-order valence-electron chi connectivity index (χ4n) is 4.19. The Labute approximate surface area is 215 Å². The maximum Gasteiger partial charge on any atom is 0.416 e. The van der Waals surface area contributed by atoms with Gasteiger partial charge in [-0.05, 0) is 54.1 Å². The number of nitrogens with one attached hydrogen (secondary N) is 1. The molecule has 3 aromatic carbocycles. The standard InChI is InChI=1S/C26H21ClF3N5O2/c27-20-4-1-16(12-19(20)15-2-5-21-17(11-15)14-32-25(31)34-21)24(36)33-22-13-18(26(28,29)30)3-6-23(22)35-7-9-37-10-8-35/h1-6,11-14H,7-10H2,(H,33,36)(H2,31,32,34). The quantitative estimate of drug-likeness (QED) is 0.357. The van der Waals surface area contributed by atoms with E-state index in [2.05, 4.69) is 15.3 Å². The summed E-state index contributed by atoms with van der Waals surface area (Å²) in [5.41, 5.74) is 7.54. The number of nitrogen functional groups attached to an aromatic ring is 1. The van der Waals surface area contributed by atoms with E-state index in [1.54, 1.807) is 30.5 Å². The summed E-state index contributed by atoms with van der Waals surface area (Å²) < 4.78 is 45.7. The molecule has 5 rings (SSSR count). The van der Waals surface area contributed by atoms with Crippen LogP contribution in [-0.4, -0.2) is 42.2 Å². The average Bonchev–Trinajstić information content (AvgIpc) is 2.88. The van der Waals surface area contributed by atoms with Crippen LogP contribution in [0.2, 0.25) is 5.02 Å². The monoisotopic (exact) mass is 527 g/mol. The number of anilines is 3. The highest BCUT2D eigenvalue weighted by Gasteiger charge is 2.32. The average molecular weight is 528 g/mol. The molecule has 37 heavy (non-hydrogen) atoms. The number of nitrogens with two attached hydrogens (primary N) is 1. The molecule has 3 N–H and O–H groups in total. The number of hydrogen-bond acceptors (Lipinski definition) is 6. The van der Waals surface area contributed by atoms with Crippen molar-refractivity contribution in [3.63, 3.8) is 0 Å². The van der Waals surface area contributed by atoms with Crippen molar-refractivity contribution >= 4 is 45.7 Å². The van der Waals surface area contributed by atoms with Crippen molar-refractivity contribution in [2.24, 2.45) is 0 Å². The van der Waals surface area contributed by atoms with Gasteiger partial charge in [0.15, 0.2) is 0 Å². The number of halogens is 4. The first-order chi connectivity index (χ1) is 17.7. The molecule has 0 atom stereocenters. The van der Waals surface area contributed by atoms with Gasteiger partial charge in [0.25, 0.3) is 5.91 Å². The molecule has 0 spiro atoms. The van der Waals surface area contributed by atoms with E-state index in [9.17, 15) is 18.0 Å². The molecule has 11 heteroatoms. The van der Waals surface area contributed by atoms with Gasteiger partial charge in [-0.3, -0.25) is 4.79 Å². The van der Waals surface area contributed by atoms with Crippen LogP contribution < -0.4 is 16.0 Å². The largest absolute Gasteiger partial charge is 0.416 e. The second-order valence-electron chi connectivity index (χ2n) is 8.48. The second kappa shape index (κ2) is 9.87. The molecule has 2 heterocycles. The summed E-state index contributed by atoms with van der Waals surface area (Å²) in [5, 5.41) is 3.81. The number of alkyl halides is 3. The van der Waals surface area contributed by atoms with Crippen LogP contribution in [0, 0.1) is 0 Å². The highest BCUT2D eigenvalue weighted by Crippen LogP contribution is 2.36. The topological polar surface area (TPSA) is 93.4 Å². The number of ether oxygens (including phenoxy) is 1. The number of hydrogen-bond donors (Lipinski definition) is 2. The van der Waals surface area contributed by atoms with Crippen LogP contribution in [0.1, 0.15) is 15.9 Å². The van der Waals surface area contributed by atoms with Crippen LogP contribution in [0.3, 0.4) is 0 Å². The number of amides is 1. The maximum absolute atomic E-state index is 13.4. The van der Waals surface area contributed by atoms with Crippen LogP contribution >= 0.6 is 11.6 Å². The Morgan fingerprint density at radius 3 is 2.59 bits per heavy atom. The third kappa shape index (κ3) is 5.30. The molecule has 7 nitrogen and oxygen atoms in total. The van der Waals surface area contributed by atoms with Crippen molar-refractivity contribution in [3.05, 3.63) is 76.9 Å². The van der Waals surface area contributed by atoms with E-state index in [0.717, 1.165) is 17.5 Å². The zero-order chi connectivity index (χ0) is 26.2. The lowest BCUT2D eigenvalue weighted by Gasteiger charge is -2.31. The van der Waals surface area contributed by atoms with Gasteiger partial charge in [-0.1, -0.05) is 17.7 Å². The van der Waals surface area contributed by atoms with Crippen molar-refractivity contribution < 1.29 is 22.7 Å². The van der Waals surface area contributed by atoms with Gasteiger partial charge >= 0.3 is 6.18 Å². The summed E-state index contributed by atoms with van der Waals surface area (Å²) in [7, 11) is 0. The first-order valence-electron chi connectivity index (χ1n) is 11.4. The van der Waals surface area contributed by atoms with Crippen LogP contribution in [0.4, 0.5) is 30.5 Å². The maximum atomic E-state index is 13.4. The Morgan fingerprint density at radius 2 is 1.84 bits per heavy atom. The van der Waals surface area contributed by atoms with Crippen molar-refractivity contribution in [1.82, 2.24) is 9.97 Å². The van der Waals surface area contributed by atoms with E-state index in [1.165, 1.54) is 12.1 Å². The lowest BCUT2D eigenvalue weighted by atomic mass is 10.0. The number of carbonyl (C=O) groups is 1. The van der Waals surface area contributed by atoms with E-state index in [1.807, 2.05) is 11.0 Å². The van der Waals surface area contributed by atoms with Gasteiger partial charge in [0, 0.05) is 40.8 Å². The highest BCUT2D eigenvalue weighted by atomic mass is 35.5. The molecule has 4 aromatic rings. The predicted octanol–water partition coefficient (Wildman–Crippen LogP) is 5.64. The number of carbonyl (C=O) groups excluding carboxylic acids is 1. The predicted molar refractivity (Wildman–Crippen MR) is 137 cm³/mol. The third-order valence-electron chi connectivity index (χ3n) is 6.06. The van der Waals surface area contributed by atoms with Gasteiger partial charge < -0.3 is 20.7 Å². The molecule has 0 unspecified atom stereocenters. The van der Waals surface area contributed by atoms with Crippen LogP contribution in [0.5, 0.6) is 0 Å². The number of nitrogens with zero attached hydrogens (tertiary/aromatic N) is 3. The number of fused-ring (bicyclic) bond motifs is 1. The minimum atomic E-state index is -4.55. The lowest BCUT2D eigenvalue weighted by Crippen LogP contribution is -2.36. The molecule has 0 radical (unpaired) electrons. The first kappa shape index (κ1) is 24.8. The minimum absolute atomic E-state index is 0.0682. The Bertz CT molecular complexity index is 1490. The molecular weight excluding hydrogens is 507 g/mol. The number of morpholine rings is 1. The molecular formula is C26H21ClF3N5O2. The number of benzene rings is 3. The summed E-state index contributed by atoms with van der Waals surface area (Å²) in [5.74, 6) is -0.411. The van der Waals surface area contributed by atoms with E-state index < -0.39 is 17.6 Å². The van der Waals surface area contributed by atoms with E-state index in [-0.39, 0.29) is 17.2 Å². The molecule has 0 saturated carbocycles. The second-order valence-corrected chi connectivity index (χ2v) is 8.89. The molecule has 1 aromatic heterocycles. The zero-order valence-corrected chi connectivity index (χ0v) is 20.1. The number of rotatable bonds is 4. The normalized spacial score (nSPS) is 14.1. The van der Waals surface area contributed by atoms with Crippen molar-refractivity contribution in [3.8, 4) is 11.1 Å². The lowest BCUT2D eigenvalue weighted by molar-refractivity contribution is -0.137. The fraction of sp³-hybridized carbons (Fsp3) is 0.192. The molecule has 190 valence electrons. The van der Waals surface area contributed by atoms with Gasteiger partial charge in [-0.15, -0.1) is 0 Å². The molecule has 1 fully saturated rings. The van der Waals surface area contributed by atoms with E-state index in [0.29, 0.717) is 53.7 Å². The van der Waals surface area contributed by atoms with Crippen molar-refractivity contribution in [1.29, 1.82) is 0 Å². The van der Waals surface area contributed by atoms with Crippen LogP contribution in [0.15, 0.2) is 60.8 Å². The van der Waals surface area contributed by atoms with Crippen molar-refractivity contribution in [2.45, 2.75) is 6.18 Å². The van der Waals surface area contributed by atoms with E-state index in [4.69, 9.17) is 22.1 Å². The third-order valence-corrected chi connectivity index (χ3v) is 6.39. The Balaban J connectivity index is 1.48. The highest BCUT2D eigenvalue weighted by molar-refractivity contribution is 6.33. The molecule has 0 aliphatic carbocycles. The summed E-state index contributed by atoms with van der Waals surface area (Å²) >= 11 is 6.44. The van der Waals surface area contributed by atoms with Gasteiger partial charge in [-0.25, -0.2) is 9.97 Å².